The summed E-state index contributed by atoms with van der Waals surface area (Å²) in [6, 6.07) is 6.19. The van der Waals surface area contributed by atoms with Crippen LogP contribution in [0.25, 0.3) is 32.9 Å². The molecule has 358 valence electrons. The van der Waals surface area contributed by atoms with Crippen LogP contribution in [-0.4, -0.2) is 137 Å². The number of alkyl carbamates (subject to hydrolysis) is 1. The van der Waals surface area contributed by atoms with Gasteiger partial charge in [0.15, 0.2) is 12.6 Å². The summed E-state index contributed by atoms with van der Waals surface area (Å²) in [6.07, 6.45) is 3.04. The van der Waals surface area contributed by atoms with Crippen LogP contribution >= 0.6 is 0 Å². The van der Waals surface area contributed by atoms with Crippen LogP contribution < -0.4 is 19.7 Å². The minimum Gasteiger partial charge on any atom is -0.468 e. The number of fused-ring (bicyclic) bond motifs is 2. The topological polar surface area (TPSA) is 124 Å². The molecule has 2 aromatic heterocycles. The van der Waals surface area contributed by atoms with Gasteiger partial charge < -0.3 is 38.8 Å². The van der Waals surface area contributed by atoms with Gasteiger partial charge in [0.2, 0.25) is 0 Å². The number of amides is 1. The highest BCUT2D eigenvalue weighted by Crippen LogP contribution is 2.47. The van der Waals surface area contributed by atoms with Gasteiger partial charge in [0, 0.05) is 75.5 Å². The summed E-state index contributed by atoms with van der Waals surface area (Å²) in [4.78, 5) is 34.2. The van der Waals surface area contributed by atoms with E-state index in [1.54, 1.807) is 24.4 Å². The molecule has 0 unspecified atom stereocenters. The first-order chi connectivity index (χ1) is 31.3. The van der Waals surface area contributed by atoms with Gasteiger partial charge in [0.1, 0.15) is 42.3 Å². The van der Waals surface area contributed by atoms with Gasteiger partial charge in [-0.1, -0.05) is 53.5 Å². The Bertz CT molecular complexity index is 2420. The van der Waals surface area contributed by atoms with Crippen LogP contribution in [0.5, 0.6) is 11.8 Å². The standard InChI is InChI=1S/C50H69F2N7O6Si/c1-32(2)66(33(3)4,34(5)6)23-14-38-41(51)13-12-35-24-37(64-31-61-11)25-39(42(35)38)44-43(52)45-40(26-53-44)46(59-18-17-57(10)27-36(28-59)54-48(60)65-49(7,8)9)56-47(55-45)63-30-50(15-16-50)29-58-19-21-62-22-20-58/h12-13,24-26,32-34,36H,15-22,27-31H2,1-11H3,(H,54,60)/t36-/m0/s1. The summed E-state index contributed by atoms with van der Waals surface area (Å²) in [5.41, 5.74) is 4.29. The monoisotopic (exact) mass is 930 g/mol. The molecule has 16 heteroatoms. The lowest BCUT2D eigenvalue weighted by Crippen LogP contribution is -2.48. The predicted octanol–water partition coefficient (Wildman–Crippen LogP) is 8.81. The fraction of sp³-hybridized carbons (Fsp3) is 0.600. The van der Waals surface area contributed by atoms with Gasteiger partial charge in [-0.2, -0.15) is 9.97 Å². The van der Waals surface area contributed by atoms with Crippen LogP contribution in [0.1, 0.15) is 80.7 Å². The second-order valence-corrected chi connectivity index (χ2v) is 26.0. The third kappa shape index (κ3) is 11.0. The lowest BCUT2D eigenvalue weighted by atomic mass is 9.95. The zero-order chi connectivity index (χ0) is 47.6. The summed E-state index contributed by atoms with van der Waals surface area (Å²) in [7, 11) is 1.19. The van der Waals surface area contributed by atoms with Gasteiger partial charge in [-0.15, -0.1) is 5.54 Å². The SMILES string of the molecule is COCOc1cc(-c2ncc3c(N4CCN(C)C[C@H](NC(=O)OC(C)(C)C)C4)nc(OCC4(CN5CCOCC5)CC4)nc3c2F)c2c(C#C[Si](C(C)C)(C(C)C)C(C)C)c(F)ccc2c1. The number of pyridine rings is 1. The molecule has 0 radical (unpaired) electrons. The molecule has 1 N–H and O–H groups in total. The Morgan fingerprint density at radius 2 is 1.70 bits per heavy atom. The maximum Gasteiger partial charge on any atom is 0.407 e. The van der Waals surface area contributed by atoms with Gasteiger partial charge in [0.25, 0.3) is 0 Å². The number of benzene rings is 2. The molecule has 3 aliphatic rings. The van der Waals surface area contributed by atoms with E-state index in [-0.39, 0.29) is 41.0 Å². The Morgan fingerprint density at radius 3 is 2.35 bits per heavy atom. The highest BCUT2D eigenvalue weighted by molar-refractivity contribution is 6.90. The number of nitrogens with zero attached hydrogens (tertiary/aromatic N) is 6. The minimum atomic E-state index is -2.32. The van der Waals surface area contributed by atoms with Gasteiger partial charge in [-0.3, -0.25) is 9.88 Å². The summed E-state index contributed by atoms with van der Waals surface area (Å²) in [5, 5.41) is 4.44. The van der Waals surface area contributed by atoms with E-state index in [9.17, 15) is 4.79 Å². The molecule has 0 spiro atoms. The first kappa shape index (κ1) is 49.2. The first-order valence-corrected chi connectivity index (χ1v) is 25.7. The Kier molecular flexibility index (Phi) is 15.1. The summed E-state index contributed by atoms with van der Waals surface area (Å²) < 4.78 is 63.3. The van der Waals surface area contributed by atoms with Crippen LogP contribution in [0, 0.1) is 28.5 Å². The van der Waals surface area contributed by atoms with Crippen molar-refractivity contribution in [2.24, 2.45) is 5.41 Å². The number of nitrogens with one attached hydrogen (secondary N) is 1. The maximum atomic E-state index is 17.9. The average Bonchev–Trinajstić information content (AvgIpc) is 4.05. The number of anilines is 1. The summed E-state index contributed by atoms with van der Waals surface area (Å²) in [6.45, 7) is 25.1. The molecule has 1 aliphatic carbocycles. The maximum absolute atomic E-state index is 17.9. The van der Waals surface area contributed by atoms with E-state index >= 15 is 8.78 Å². The van der Waals surface area contributed by atoms with Crippen LogP contribution in [0.15, 0.2) is 30.5 Å². The Hall–Kier alpha value is -4.66. The Morgan fingerprint density at radius 1 is 0.985 bits per heavy atom. The molecule has 3 fully saturated rings. The van der Waals surface area contributed by atoms with E-state index in [4.69, 9.17) is 38.6 Å². The molecule has 4 aromatic rings. The highest BCUT2D eigenvalue weighted by atomic mass is 28.3. The van der Waals surface area contributed by atoms with Crippen LogP contribution in [0.2, 0.25) is 16.6 Å². The quantitative estimate of drug-likeness (QED) is 0.0739. The number of aromatic nitrogens is 3. The molecule has 0 bridgehead atoms. The molecule has 1 amide bonds. The minimum absolute atomic E-state index is 0.00136. The fourth-order valence-corrected chi connectivity index (χ4v) is 15.2. The van der Waals surface area contributed by atoms with Crippen LogP contribution in [0.3, 0.4) is 0 Å². The number of morpholine rings is 1. The number of likely N-dealkylation sites (N-methyl/N-ethyl adjacent to an activating group) is 1. The normalized spacial score (nSPS) is 18.4. The number of rotatable bonds is 14. The predicted molar refractivity (Wildman–Crippen MR) is 258 cm³/mol. The van der Waals surface area contributed by atoms with E-state index in [1.807, 2.05) is 32.7 Å². The number of hydrogen-bond donors (Lipinski definition) is 1. The first-order valence-electron chi connectivity index (χ1n) is 23.5. The molecule has 1 saturated carbocycles. The third-order valence-electron chi connectivity index (χ3n) is 13.4. The van der Waals surface area contributed by atoms with Crippen molar-refractivity contribution < 1.29 is 37.3 Å². The van der Waals surface area contributed by atoms with E-state index in [0.717, 1.165) is 32.5 Å². The average molecular weight is 930 g/mol. The van der Waals surface area contributed by atoms with Crippen LogP contribution in [-0.2, 0) is 14.2 Å². The smallest absolute Gasteiger partial charge is 0.407 e. The molecular formula is C50H69F2N7O6Si. The van der Waals surface area contributed by atoms with Crippen molar-refractivity contribution in [1.29, 1.82) is 0 Å². The zero-order valence-corrected chi connectivity index (χ0v) is 41.8. The Labute approximate surface area is 390 Å². The summed E-state index contributed by atoms with van der Waals surface area (Å²) >= 11 is 0. The molecule has 1 atom stereocenters. The molecule has 2 aromatic carbocycles. The summed E-state index contributed by atoms with van der Waals surface area (Å²) in [5.74, 6) is 2.93. The second-order valence-electron chi connectivity index (χ2n) is 20.4. The van der Waals surface area contributed by atoms with Gasteiger partial charge in [0.05, 0.1) is 36.8 Å². The number of halogens is 2. The Balaban J connectivity index is 1.39. The number of methoxy groups -OCH3 is 1. The van der Waals surface area contributed by atoms with Crippen molar-refractivity contribution in [3.63, 3.8) is 0 Å². The number of carbonyl (C=O) groups excluding carboxylic acids is 1. The molecule has 66 heavy (non-hydrogen) atoms. The van der Waals surface area contributed by atoms with Gasteiger partial charge in [-0.05, 0) is 80.9 Å². The van der Waals surface area contributed by atoms with E-state index in [0.29, 0.717) is 95.9 Å². The number of carbonyl (C=O) groups is 1. The third-order valence-corrected chi connectivity index (χ3v) is 19.7. The number of hydrogen-bond acceptors (Lipinski definition) is 12. The number of ether oxygens (including phenoxy) is 5. The molecule has 7 rings (SSSR count). The van der Waals surface area contributed by atoms with E-state index < -0.39 is 31.4 Å². The van der Waals surface area contributed by atoms with Gasteiger partial charge in [-0.25, -0.2) is 13.6 Å². The second kappa shape index (κ2) is 20.3. The lowest BCUT2D eigenvalue weighted by molar-refractivity contribution is 0.0231. The fourth-order valence-electron chi connectivity index (χ4n) is 9.96. The van der Waals surface area contributed by atoms with Crippen molar-refractivity contribution in [2.45, 2.75) is 103 Å². The van der Waals surface area contributed by atoms with Crippen molar-refractivity contribution in [3.05, 3.63) is 47.7 Å². The zero-order valence-electron chi connectivity index (χ0n) is 40.8. The van der Waals surface area contributed by atoms with Crippen molar-refractivity contribution in [3.8, 4) is 34.5 Å². The highest BCUT2D eigenvalue weighted by Gasteiger charge is 2.45. The molecule has 2 saturated heterocycles. The molecular weight excluding hydrogens is 861 g/mol. The van der Waals surface area contributed by atoms with Crippen molar-refractivity contribution in [2.75, 3.05) is 91.5 Å². The van der Waals surface area contributed by atoms with Crippen LogP contribution in [0.4, 0.5) is 19.4 Å². The van der Waals surface area contributed by atoms with E-state index in [1.165, 1.54) is 13.2 Å². The van der Waals surface area contributed by atoms with Gasteiger partial charge >= 0.3 is 12.1 Å². The van der Waals surface area contributed by atoms with E-state index in [2.05, 4.69) is 68.1 Å². The molecule has 4 heterocycles. The largest absolute Gasteiger partial charge is 0.468 e. The van der Waals surface area contributed by atoms with Crippen molar-refractivity contribution in [1.82, 2.24) is 30.1 Å². The molecule has 13 nitrogen and oxygen atoms in total. The lowest BCUT2D eigenvalue weighted by Gasteiger charge is -2.38. The molecule has 2 aliphatic heterocycles. The van der Waals surface area contributed by atoms with Crippen molar-refractivity contribution >= 4 is 41.7 Å².